The second-order valence-corrected chi connectivity index (χ2v) is 8.49. The molecule has 10 heteroatoms. The van der Waals surface area contributed by atoms with Gasteiger partial charge in [0.2, 0.25) is 11.2 Å². The van der Waals surface area contributed by atoms with Gasteiger partial charge >= 0.3 is 6.18 Å². The molecule has 32 heavy (non-hydrogen) atoms. The molecule has 1 aromatic heterocycles. The standard InChI is InChI=1S/C22H20BrF3N2O4/c1-27-8-10-28(11-9-27)12-14-16(29)7-6-13-18(30)20(21(22(24,25)26)32-19(13)14)31-17-5-3-2-4-15(17)23/h2-7,29H,8-12H2,1H3. The van der Waals surface area contributed by atoms with Crippen molar-refractivity contribution in [2.24, 2.45) is 0 Å². The van der Waals surface area contributed by atoms with Gasteiger partial charge in [0.1, 0.15) is 17.1 Å². The third-order valence-electron chi connectivity index (χ3n) is 5.38. The largest absolute Gasteiger partial charge is 0.507 e. The first kappa shape index (κ1) is 22.6. The van der Waals surface area contributed by atoms with Crippen LogP contribution in [0.5, 0.6) is 17.2 Å². The van der Waals surface area contributed by atoms with Gasteiger partial charge in [0.15, 0.2) is 0 Å². The predicted octanol–water partition coefficient (Wildman–Crippen LogP) is 4.82. The molecule has 1 fully saturated rings. The van der Waals surface area contributed by atoms with E-state index in [0.29, 0.717) is 17.6 Å². The Morgan fingerprint density at radius 3 is 2.47 bits per heavy atom. The minimum atomic E-state index is -4.99. The third-order valence-corrected chi connectivity index (χ3v) is 6.04. The number of likely N-dealkylation sites (N-methyl/N-ethyl adjacent to an activating group) is 1. The molecule has 6 nitrogen and oxygen atoms in total. The summed E-state index contributed by atoms with van der Waals surface area (Å²) < 4.78 is 52.7. The van der Waals surface area contributed by atoms with Crippen LogP contribution in [0.15, 0.2) is 50.1 Å². The summed E-state index contributed by atoms with van der Waals surface area (Å²) in [5.74, 6) is -2.68. The number of alkyl halides is 3. The number of halogens is 4. The normalized spacial score (nSPS) is 15.9. The van der Waals surface area contributed by atoms with E-state index in [1.54, 1.807) is 18.2 Å². The van der Waals surface area contributed by atoms with Crippen LogP contribution >= 0.6 is 15.9 Å². The van der Waals surface area contributed by atoms with Crippen LogP contribution < -0.4 is 10.2 Å². The van der Waals surface area contributed by atoms with Gasteiger partial charge in [-0.3, -0.25) is 9.69 Å². The van der Waals surface area contributed by atoms with Crippen molar-refractivity contribution in [2.75, 3.05) is 33.2 Å². The number of phenolic OH excluding ortho intramolecular Hbond substituents is 1. The second kappa shape index (κ2) is 8.76. The number of nitrogens with zero attached hydrogens (tertiary/aromatic N) is 2. The number of rotatable bonds is 4. The molecule has 170 valence electrons. The number of hydrogen-bond donors (Lipinski definition) is 1. The fraction of sp³-hybridized carbons (Fsp3) is 0.318. The lowest BCUT2D eigenvalue weighted by Crippen LogP contribution is -2.43. The van der Waals surface area contributed by atoms with Gasteiger partial charge in [-0.1, -0.05) is 12.1 Å². The fourth-order valence-electron chi connectivity index (χ4n) is 3.59. The summed E-state index contributed by atoms with van der Waals surface area (Å²) in [5.41, 5.74) is -1.11. The number of hydrogen-bond acceptors (Lipinski definition) is 6. The minimum Gasteiger partial charge on any atom is -0.507 e. The van der Waals surface area contributed by atoms with Crippen molar-refractivity contribution >= 4 is 26.9 Å². The van der Waals surface area contributed by atoms with Gasteiger partial charge in [0.25, 0.3) is 5.76 Å². The van der Waals surface area contributed by atoms with E-state index in [1.807, 2.05) is 11.9 Å². The SMILES string of the molecule is CN1CCN(Cc2c(O)ccc3c(=O)c(Oc4ccccc4Br)c(C(F)(F)F)oc23)CC1. The van der Waals surface area contributed by atoms with Gasteiger partial charge in [-0.05, 0) is 47.2 Å². The van der Waals surface area contributed by atoms with Crippen LogP contribution in [0.25, 0.3) is 11.0 Å². The molecule has 0 atom stereocenters. The van der Waals surface area contributed by atoms with Gasteiger partial charge in [-0.15, -0.1) is 0 Å². The molecule has 1 saturated heterocycles. The fourth-order valence-corrected chi connectivity index (χ4v) is 3.95. The van der Waals surface area contributed by atoms with E-state index in [-0.39, 0.29) is 34.6 Å². The van der Waals surface area contributed by atoms with Crippen LogP contribution in [0.1, 0.15) is 11.3 Å². The first-order chi connectivity index (χ1) is 15.1. The number of phenols is 1. The molecule has 1 N–H and O–H groups in total. The molecule has 0 radical (unpaired) electrons. The Bertz CT molecular complexity index is 1200. The second-order valence-electron chi connectivity index (χ2n) is 7.64. The summed E-state index contributed by atoms with van der Waals surface area (Å²) in [6, 6.07) is 8.79. The molecule has 1 aliphatic heterocycles. The average molecular weight is 513 g/mol. The lowest BCUT2D eigenvalue weighted by molar-refractivity contribution is -0.154. The summed E-state index contributed by atoms with van der Waals surface area (Å²) in [6.07, 6.45) is -4.99. The maximum absolute atomic E-state index is 13.9. The molecule has 0 amide bonds. The number of benzene rings is 2. The van der Waals surface area contributed by atoms with E-state index in [4.69, 9.17) is 9.15 Å². The Labute approximate surface area is 189 Å². The molecule has 0 bridgehead atoms. The van der Waals surface area contributed by atoms with Gasteiger partial charge in [-0.25, -0.2) is 0 Å². The summed E-state index contributed by atoms with van der Waals surface area (Å²) in [6.45, 7) is 3.07. The molecule has 2 heterocycles. The smallest absolute Gasteiger partial charge is 0.453 e. The van der Waals surface area contributed by atoms with Gasteiger partial charge in [0.05, 0.1) is 15.4 Å². The first-order valence-corrected chi connectivity index (χ1v) is 10.7. The number of aromatic hydroxyl groups is 1. The highest BCUT2D eigenvalue weighted by molar-refractivity contribution is 9.10. The number of para-hydroxylation sites is 1. The molecular formula is C22H20BrF3N2O4. The van der Waals surface area contributed by atoms with E-state index in [9.17, 15) is 23.1 Å². The quantitative estimate of drug-likeness (QED) is 0.540. The summed E-state index contributed by atoms with van der Waals surface area (Å²) in [5, 5.41) is 10.3. The lowest BCUT2D eigenvalue weighted by atomic mass is 10.1. The highest BCUT2D eigenvalue weighted by Crippen LogP contribution is 2.41. The molecule has 0 aliphatic carbocycles. The highest BCUT2D eigenvalue weighted by Gasteiger charge is 2.41. The van der Waals surface area contributed by atoms with E-state index < -0.39 is 23.1 Å². The van der Waals surface area contributed by atoms with E-state index in [2.05, 4.69) is 20.8 Å². The summed E-state index contributed by atoms with van der Waals surface area (Å²) >= 11 is 3.20. The molecule has 1 aliphatic rings. The van der Waals surface area contributed by atoms with Gasteiger partial charge in [0, 0.05) is 32.7 Å². The van der Waals surface area contributed by atoms with E-state index in [1.165, 1.54) is 18.2 Å². The van der Waals surface area contributed by atoms with E-state index in [0.717, 1.165) is 13.1 Å². The van der Waals surface area contributed by atoms with Crippen LogP contribution in [0, 0.1) is 0 Å². The Kier molecular flexibility index (Phi) is 6.19. The predicted molar refractivity (Wildman–Crippen MR) is 116 cm³/mol. The van der Waals surface area contributed by atoms with Crippen molar-refractivity contribution in [3.8, 4) is 17.2 Å². The Morgan fingerprint density at radius 1 is 1.12 bits per heavy atom. The van der Waals surface area contributed by atoms with Crippen LogP contribution in [0.3, 0.4) is 0 Å². The Balaban J connectivity index is 1.86. The number of piperazine rings is 1. The van der Waals surface area contributed by atoms with E-state index >= 15 is 0 Å². The van der Waals surface area contributed by atoms with Crippen molar-refractivity contribution in [3.05, 3.63) is 62.4 Å². The highest BCUT2D eigenvalue weighted by atomic mass is 79.9. The van der Waals surface area contributed by atoms with Crippen LogP contribution in [0.2, 0.25) is 0 Å². The van der Waals surface area contributed by atoms with Gasteiger partial charge in [-0.2, -0.15) is 13.2 Å². The van der Waals surface area contributed by atoms with Crippen LogP contribution in [0.4, 0.5) is 13.2 Å². The molecule has 0 saturated carbocycles. The zero-order valence-electron chi connectivity index (χ0n) is 17.1. The van der Waals surface area contributed by atoms with Crippen LogP contribution in [-0.4, -0.2) is 48.1 Å². The number of fused-ring (bicyclic) bond motifs is 1. The molecule has 0 unspecified atom stereocenters. The van der Waals surface area contributed by atoms with Gasteiger partial charge < -0.3 is 19.2 Å². The topological polar surface area (TPSA) is 66.2 Å². The zero-order valence-corrected chi connectivity index (χ0v) is 18.7. The summed E-state index contributed by atoms with van der Waals surface area (Å²) in [7, 11) is 1.98. The first-order valence-electron chi connectivity index (χ1n) is 9.87. The molecule has 4 rings (SSSR count). The van der Waals surface area contributed by atoms with Crippen molar-refractivity contribution in [2.45, 2.75) is 12.7 Å². The van der Waals surface area contributed by atoms with Crippen LogP contribution in [-0.2, 0) is 12.7 Å². The maximum Gasteiger partial charge on any atom is 0.453 e. The maximum atomic E-state index is 13.9. The Hall–Kier alpha value is -2.56. The van der Waals surface area contributed by atoms with Crippen molar-refractivity contribution in [3.63, 3.8) is 0 Å². The molecule has 0 spiro atoms. The third kappa shape index (κ3) is 4.48. The molecular weight excluding hydrogens is 493 g/mol. The minimum absolute atomic E-state index is 0.0427. The van der Waals surface area contributed by atoms with Crippen molar-refractivity contribution in [1.82, 2.24) is 9.80 Å². The Morgan fingerprint density at radius 2 is 1.81 bits per heavy atom. The van der Waals surface area contributed by atoms with Crippen molar-refractivity contribution in [1.29, 1.82) is 0 Å². The molecule has 3 aromatic rings. The zero-order chi connectivity index (χ0) is 23.0. The van der Waals surface area contributed by atoms with Crippen molar-refractivity contribution < 1.29 is 27.4 Å². The lowest BCUT2D eigenvalue weighted by Gasteiger charge is -2.32. The monoisotopic (exact) mass is 512 g/mol. The molecule has 2 aromatic carbocycles. The summed E-state index contributed by atoms with van der Waals surface area (Å²) in [4.78, 5) is 17.2. The number of ether oxygens (including phenoxy) is 1. The average Bonchev–Trinajstić information content (AvgIpc) is 2.74.